The fourth-order valence-corrected chi connectivity index (χ4v) is 0.610. The van der Waals surface area contributed by atoms with Crippen molar-refractivity contribution in [1.29, 1.82) is 0 Å². The average molecular weight is 176 g/mol. The van der Waals surface area contributed by atoms with Gasteiger partial charge in [-0.15, -0.1) is 0 Å². The second kappa shape index (κ2) is 7.02. The third-order valence-electron chi connectivity index (χ3n) is 1.18. The van der Waals surface area contributed by atoms with Crippen LogP contribution >= 0.6 is 0 Å². The molecule has 0 unspecified atom stereocenters. The van der Waals surface area contributed by atoms with Gasteiger partial charge < -0.3 is 20.9 Å². The smallest absolute Gasteiger partial charge is 0.246 e. The molecule has 0 aliphatic heterocycles. The van der Waals surface area contributed by atoms with E-state index in [0.717, 1.165) is 0 Å². The van der Waals surface area contributed by atoms with Crippen molar-refractivity contribution in [2.24, 2.45) is 5.73 Å². The van der Waals surface area contributed by atoms with Gasteiger partial charge >= 0.3 is 0 Å². The molecule has 0 saturated carbocycles. The van der Waals surface area contributed by atoms with E-state index in [2.05, 4.69) is 5.32 Å². The molecule has 0 heterocycles. The summed E-state index contributed by atoms with van der Waals surface area (Å²) in [6, 6.07) is -0.223. The van der Waals surface area contributed by atoms with Gasteiger partial charge in [-0.3, -0.25) is 4.79 Å². The average Bonchev–Trinajstić information content (AvgIpc) is 2.05. The van der Waals surface area contributed by atoms with Crippen molar-refractivity contribution in [3.05, 3.63) is 0 Å². The van der Waals surface area contributed by atoms with Gasteiger partial charge in [0.2, 0.25) is 5.91 Å². The molecule has 1 atom stereocenters. The second-order valence-corrected chi connectivity index (χ2v) is 2.49. The molecule has 0 saturated heterocycles. The summed E-state index contributed by atoms with van der Waals surface area (Å²) in [4.78, 5) is 10.9. The van der Waals surface area contributed by atoms with E-state index < -0.39 is 0 Å². The Morgan fingerprint density at radius 3 is 2.92 bits per heavy atom. The van der Waals surface area contributed by atoms with Crippen molar-refractivity contribution in [3.63, 3.8) is 0 Å². The SMILES string of the molecule is C[C@@H](CO)NC(=O)COCCN. The minimum absolute atomic E-state index is 0.00153. The lowest BCUT2D eigenvalue weighted by atomic mass is 10.3. The molecule has 5 nitrogen and oxygen atoms in total. The largest absolute Gasteiger partial charge is 0.394 e. The van der Waals surface area contributed by atoms with Crippen molar-refractivity contribution in [1.82, 2.24) is 5.32 Å². The van der Waals surface area contributed by atoms with Gasteiger partial charge in [-0.25, -0.2) is 0 Å². The molecule has 0 bridgehead atoms. The Kier molecular flexibility index (Phi) is 6.64. The number of amides is 1. The minimum atomic E-state index is -0.231. The van der Waals surface area contributed by atoms with Crippen LogP contribution in [0.15, 0.2) is 0 Å². The van der Waals surface area contributed by atoms with E-state index in [1.165, 1.54) is 0 Å². The number of ether oxygens (including phenoxy) is 1. The van der Waals surface area contributed by atoms with E-state index >= 15 is 0 Å². The quantitative estimate of drug-likeness (QED) is 0.428. The van der Waals surface area contributed by atoms with Crippen LogP contribution in [0.25, 0.3) is 0 Å². The fourth-order valence-electron chi connectivity index (χ4n) is 0.610. The molecule has 12 heavy (non-hydrogen) atoms. The maximum Gasteiger partial charge on any atom is 0.246 e. The maximum absolute atomic E-state index is 10.9. The van der Waals surface area contributed by atoms with Gasteiger partial charge in [0.15, 0.2) is 0 Å². The van der Waals surface area contributed by atoms with Crippen LogP contribution in [0.3, 0.4) is 0 Å². The number of hydrogen-bond acceptors (Lipinski definition) is 4. The predicted octanol–water partition coefficient (Wildman–Crippen LogP) is -1.54. The van der Waals surface area contributed by atoms with Gasteiger partial charge in [0.1, 0.15) is 6.61 Å². The predicted molar refractivity (Wildman–Crippen MR) is 44.6 cm³/mol. The van der Waals surface area contributed by atoms with E-state index in [9.17, 15) is 4.79 Å². The van der Waals surface area contributed by atoms with Crippen LogP contribution < -0.4 is 11.1 Å². The van der Waals surface area contributed by atoms with Crippen LogP contribution in [0.5, 0.6) is 0 Å². The van der Waals surface area contributed by atoms with Crippen LogP contribution in [0, 0.1) is 0 Å². The Morgan fingerprint density at radius 1 is 1.75 bits per heavy atom. The first-order chi connectivity index (χ1) is 5.70. The normalized spacial score (nSPS) is 12.6. The Labute approximate surface area is 71.9 Å². The summed E-state index contributed by atoms with van der Waals surface area (Å²) in [7, 11) is 0. The number of aliphatic hydroxyl groups is 1. The van der Waals surface area contributed by atoms with E-state index in [-0.39, 0.29) is 25.2 Å². The van der Waals surface area contributed by atoms with Crippen LogP contribution in [-0.4, -0.2) is 43.4 Å². The number of rotatable bonds is 6. The molecule has 0 aromatic heterocycles. The Bertz CT molecular complexity index is 130. The molecule has 0 aliphatic carbocycles. The first-order valence-electron chi connectivity index (χ1n) is 3.88. The van der Waals surface area contributed by atoms with Crippen molar-refractivity contribution in [3.8, 4) is 0 Å². The van der Waals surface area contributed by atoms with Gasteiger partial charge in [0.05, 0.1) is 13.2 Å². The minimum Gasteiger partial charge on any atom is -0.394 e. The highest BCUT2D eigenvalue weighted by molar-refractivity contribution is 5.77. The van der Waals surface area contributed by atoms with Gasteiger partial charge in [0, 0.05) is 12.6 Å². The number of nitrogens with one attached hydrogen (secondary N) is 1. The number of hydrogen-bond donors (Lipinski definition) is 3. The molecule has 0 radical (unpaired) electrons. The molecule has 0 spiro atoms. The zero-order valence-corrected chi connectivity index (χ0v) is 7.25. The van der Waals surface area contributed by atoms with Gasteiger partial charge in [-0.05, 0) is 6.92 Å². The molecule has 72 valence electrons. The number of carbonyl (C=O) groups excluding carboxylic acids is 1. The Balaban J connectivity index is 3.33. The number of carbonyl (C=O) groups is 1. The summed E-state index contributed by atoms with van der Waals surface area (Å²) >= 11 is 0. The third-order valence-corrected chi connectivity index (χ3v) is 1.18. The van der Waals surface area contributed by atoms with Crippen LogP contribution in [-0.2, 0) is 9.53 Å². The summed E-state index contributed by atoms with van der Waals surface area (Å²) in [6.07, 6.45) is 0. The second-order valence-electron chi connectivity index (χ2n) is 2.49. The van der Waals surface area contributed by atoms with E-state index in [0.29, 0.717) is 13.2 Å². The Morgan fingerprint density at radius 2 is 2.42 bits per heavy atom. The lowest BCUT2D eigenvalue weighted by Gasteiger charge is -2.10. The van der Waals surface area contributed by atoms with Crippen molar-refractivity contribution >= 4 is 5.91 Å². The lowest BCUT2D eigenvalue weighted by Crippen LogP contribution is -2.37. The van der Waals surface area contributed by atoms with Gasteiger partial charge in [-0.1, -0.05) is 0 Å². The van der Waals surface area contributed by atoms with Crippen molar-refractivity contribution < 1.29 is 14.6 Å². The standard InChI is InChI=1S/C7H16N2O3/c1-6(4-10)9-7(11)5-12-3-2-8/h6,10H,2-5,8H2,1H3,(H,9,11)/t6-/m0/s1. The highest BCUT2D eigenvalue weighted by atomic mass is 16.5. The van der Waals surface area contributed by atoms with Gasteiger partial charge in [-0.2, -0.15) is 0 Å². The lowest BCUT2D eigenvalue weighted by molar-refractivity contribution is -0.126. The van der Waals surface area contributed by atoms with E-state index in [1.807, 2.05) is 0 Å². The Hall–Kier alpha value is -0.650. The first kappa shape index (κ1) is 11.4. The fraction of sp³-hybridized carbons (Fsp3) is 0.857. The van der Waals surface area contributed by atoms with Crippen LogP contribution in [0.2, 0.25) is 0 Å². The van der Waals surface area contributed by atoms with Gasteiger partial charge in [0.25, 0.3) is 0 Å². The molecule has 0 fully saturated rings. The highest BCUT2D eigenvalue weighted by Gasteiger charge is 2.04. The zero-order chi connectivity index (χ0) is 9.40. The monoisotopic (exact) mass is 176 g/mol. The molecular weight excluding hydrogens is 160 g/mol. The number of aliphatic hydroxyl groups excluding tert-OH is 1. The summed E-state index contributed by atoms with van der Waals surface area (Å²) in [6.45, 7) is 2.43. The molecule has 1 amide bonds. The van der Waals surface area contributed by atoms with Crippen LogP contribution in [0.4, 0.5) is 0 Å². The molecule has 4 N–H and O–H groups in total. The molecule has 0 aromatic rings. The molecule has 0 aromatic carbocycles. The third kappa shape index (κ3) is 6.09. The van der Waals surface area contributed by atoms with Crippen molar-refractivity contribution in [2.75, 3.05) is 26.4 Å². The molecule has 0 aliphatic rings. The van der Waals surface area contributed by atoms with Crippen molar-refractivity contribution in [2.45, 2.75) is 13.0 Å². The molecule has 0 rings (SSSR count). The summed E-state index contributed by atoms with van der Waals surface area (Å²) in [5.74, 6) is -0.231. The molecular formula is C7H16N2O3. The summed E-state index contributed by atoms with van der Waals surface area (Å²) in [5, 5.41) is 11.1. The summed E-state index contributed by atoms with van der Waals surface area (Å²) < 4.78 is 4.87. The van der Waals surface area contributed by atoms with Crippen LogP contribution in [0.1, 0.15) is 6.92 Å². The van der Waals surface area contributed by atoms with E-state index in [1.54, 1.807) is 6.92 Å². The first-order valence-corrected chi connectivity index (χ1v) is 3.88. The summed E-state index contributed by atoms with van der Waals surface area (Å²) in [5.41, 5.74) is 5.15. The van der Waals surface area contributed by atoms with E-state index in [4.69, 9.17) is 15.6 Å². The topological polar surface area (TPSA) is 84.6 Å². The highest BCUT2D eigenvalue weighted by Crippen LogP contribution is 1.79. The maximum atomic E-state index is 10.9. The number of nitrogens with two attached hydrogens (primary N) is 1. The zero-order valence-electron chi connectivity index (χ0n) is 7.25. The molecule has 5 heteroatoms.